The average molecular weight is 233 g/mol. The van der Waals surface area contributed by atoms with E-state index in [9.17, 15) is 0 Å². The first-order chi connectivity index (χ1) is 8.24. The van der Waals surface area contributed by atoms with Crippen molar-refractivity contribution in [1.82, 2.24) is 10.3 Å². The minimum atomic E-state index is 0.761. The van der Waals surface area contributed by atoms with Gasteiger partial charge in [-0.05, 0) is 45.2 Å². The quantitative estimate of drug-likeness (QED) is 0.818. The molecule has 17 heavy (non-hydrogen) atoms. The highest BCUT2D eigenvalue weighted by atomic mass is 15.2. The monoisotopic (exact) mass is 233 g/mol. The second-order valence-corrected chi connectivity index (χ2v) is 4.74. The third kappa shape index (κ3) is 3.19. The number of nitrogens with zero attached hydrogens (tertiary/aromatic N) is 2. The summed E-state index contributed by atoms with van der Waals surface area (Å²) in [5.41, 5.74) is 2.48. The summed E-state index contributed by atoms with van der Waals surface area (Å²) in [5.74, 6) is 1.10. The lowest BCUT2D eigenvalue weighted by atomic mass is 10.2. The number of aryl methyl sites for hydroxylation is 1. The first kappa shape index (κ1) is 12.4. The molecule has 0 aromatic carbocycles. The van der Waals surface area contributed by atoms with Crippen LogP contribution in [0.5, 0.6) is 0 Å². The largest absolute Gasteiger partial charge is 0.357 e. The first-order valence-corrected chi connectivity index (χ1v) is 6.69. The highest BCUT2D eigenvalue weighted by Crippen LogP contribution is 2.20. The van der Waals surface area contributed by atoms with Crippen LogP contribution in [0.3, 0.4) is 0 Å². The van der Waals surface area contributed by atoms with E-state index in [1.54, 1.807) is 0 Å². The second-order valence-electron chi connectivity index (χ2n) is 4.74. The maximum Gasteiger partial charge on any atom is 0.128 e. The number of nitrogens with one attached hydrogen (secondary N) is 1. The SMILES string of the molecule is CCN(CC)c1ccc(CNC2CC2)c(C)n1. The lowest BCUT2D eigenvalue weighted by Crippen LogP contribution is -2.23. The predicted octanol–water partition coefficient (Wildman–Crippen LogP) is 2.49. The molecule has 1 N–H and O–H groups in total. The minimum Gasteiger partial charge on any atom is -0.357 e. The highest BCUT2D eigenvalue weighted by Gasteiger charge is 2.20. The molecule has 3 nitrogen and oxygen atoms in total. The summed E-state index contributed by atoms with van der Waals surface area (Å²) in [5, 5.41) is 3.54. The van der Waals surface area contributed by atoms with Gasteiger partial charge in [-0.3, -0.25) is 0 Å². The molecule has 1 aromatic rings. The lowest BCUT2D eigenvalue weighted by Gasteiger charge is -2.20. The molecule has 0 radical (unpaired) electrons. The van der Waals surface area contributed by atoms with Crippen molar-refractivity contribution in [2.24, 2.45) is 0 Å². The molecule has 1 fully saturated rings. The van der Waals surface area contributed by atoms with Gasteiger partial charge in [0.15, 0.2) is 0 Å². The molecule has 0 bridgehead atoms. The third-order valence-electron chi connectivity index (χ3n) is 3.43. The van der Waals surface area contributed by atoms with Crippen LogP contribution in [0.1, 0.15) is 37.9 Å². The molecule has 0 amide bonds. The Kier molecular flexibility index (Phi) is 4.00. The molecule has 1 aromatic heterocycles. The summed E-state index contributed by atoms with van der Waals surface area (Å²) in [7, 11) is 0. The van der Waals surface area contributed by atoms with Gasteiger partial charge in [0.1, 0.15) is 5.82 Å². The van der Waals surface area contributed by atoms with Crippen LogP contribution in [0.15, 0.2) is 12.1 Å². The summed E-state index contributed by atoms with van der Waals surface area (Å²) in [6, 6.07) is 5.12. The van der Waals surface area contributed by atoms with Gasteiger partial charge in [0.05, 0.1) is 0 Å². The highest BCUT2D eigenvalue weighted by molar-refractivity contribution is 5.41. The van der Waals surface area contributed by atoms with Gasteiger partial charge >= 0.3 is 0 Å². The Morgan fingerprint density at radius 3 is 2.53 bits per heavy atom. The lowest BCUT2D eigenvalue weighted by molar-refractivity contribution is 0.681. The molecule has 3 heteroatoms. The first-order valence-electron chi connectivity index (χ1n) is 6.69. The Balaban J connectivity index is 2.04. The summed E-state index contributed by atoms with van der Waals surface area (Å²) < 4.78 is 0. The van der Waals surface area contributed by atoms with Crippen LogP contribution in [-0.2, 0) is 6.54 Å². The smallest absolute Gasteiger partial charge is 0.128 e. The van der Waals surface area contributed by atoms with E-state index in [4.69, 9.17) is 4.98 Å². The molecular weight excluding hydrogens is 210 g/mol. The molecule has 0 aliphatic heterocycles. The Morgan fingerprint density at radius 1 is 1.29 bits per heavy atom. The van der Waals surface area contributed by atoms with E-state index in [1.807, 2.05) is 0 Å². The average Bonchev–Trinajstić information content (AvgIpc) is 3.13. The van der Waals surface area contributed by atoms with Crippen LogP contribution < -0.4 is 10.2 Å². The van der Waals surface area contributed by atoms with Gasteiger partial charge in [-0.15, -0.1) is 0 Å². The van der Waals surface area contributed by atoms with Crippen LogP contribution in [0.4, 0.5) is 5.82 Å². The summed E-state index contributed by atoms with van der Waals surface area (Å²) in [6.07, 6.45) is 2.67. The van der Waals surface area contributed by atoms with Gasteiger partial charge in [0.2, 0.25) is 0 Å². The van der Waals surface area contributed by atoms with Gasteiger partial charge in [0.25, 0.3) is 0 Å². The van der Waals surface area contributed by atoms with Crippen molar-refractivity contribution in [2.45, 2.75) is 46.2 Å². The number of rotatable bonds is 6. The summed E-state index contributed by atoms with van der Waals surface area (Å²) >= 11 is 0. The van der Waals surface area contributed by atoms with E-state index < -0.39 is 0 Å². The molecule has 0 saturated heterocycles. The molecule has 0 spiro atoms. The zero-order chi connectivity index (χ0) is 12.3. The van der Waals surface area contributed by atoms with Crippen molar-refractivity contribution in [3.8, 4) is 0 Å². The Bertz CT molecular complexity index is 368. The van der Waals surface area contributed by atoms with E-state index in [0.29, 0.717) is 0 Å². The van der Waals surface area contributed by atoms with Crippen LogP contribution >= 0.6 is 0 Å². The van der Waals surface area contributed by atoms with Gasteiger partial charge in [0, 0.05) is 31.4 Å². The number of hydrogen-bond acceptors (Lipinski definition) is 3. The maximum absolute atomic E-state index is 4.70. The molecule has 1 aliphatic carbocycles. The third-order valence-corrected chi connectivity index (χ3v) is 3.43. The van der Waals surface area contributed by atoms with Crippen molar-refractivity contribution >= 4 is 5.82 Å². The van der Waals surface area contributed by atoms with E-state index in [0.717, 1.165) is 37.2 Å². The standard InChI is InChI=1S/C14H23N3/c1-4-17(5-2)14-9-6-12(11(3)16-14)10-15-13-7-8-13/h6,9,13,15H,4-5,7-8,10H2,1-3H3. The van der Waals surface area contributed by atoms with Gasteiger partial charge in [-0.1, -0.05) is 6.07 Å². The van der Waals surface area contributed by atoms with Crippen molar-refractivity contribution in [3.63, 3.8) is 0 Å². The van der Waals surface area contributed by atoms with Gasteiger partial charge in [-0.25, -0.2) is 4.98 Å². The predicted molar refractivity (Wildman–Crippen MR) is 72.4 cm³/mol. The molecule has 1 saturated carbocycles. The molecule has 2 rings (SSSR count). The zero-order valence-electron chi connectivity index (χ0n) is 11.2. The number of pyridine rings is 1. The topological polar surface area (TPSA) is 28.2 Å². The van der Waals surface area contributed by atoms with E-state index in [-0.39, 0.29) is 0 Å². The van der Waals surface area contributed by atoms with E-state index in [2.05, 4.69) is 43.1 Å². The Labute approximate surface area is 104 Å². The van der Waals surface area contributed by atoms with Crippen LogP contribution in [0, 0.1) is 6.92 Å². The summed E-state index contributed by atoms with van der Waals surface area (Å²) in [6.45, 7) is 9.44. The van der Waals surface area contributed by atoms with Crippen LogP contribution in [-0.4, -0.2) is 24.1 Å². The van der Waals surface area contributed by atoms with Crippen LogP contribution in [0.2, 0.25) is 0 Å². The van der Waals surface area contributed by atoms with Crippen molar-refractivity contribution in [2.75, 3.05) is 18.0 Å². The fourth-order valence-electron chi connectivity index (χ4n) is 2.03. The maximum atomic E-state index is 4.70. The Morgan fingerprint density at radius 2 is 2.00 bits per heavy atom. The normalized spacial score (nSPS) is 15.0. The molecule has 94 valence electrons. The zero-order valence-corrected chi connectivity index (χ0v) is 11.2. The fraction of sp³-hybridized carbons (Fsp3) is 0.643. The molecule has 0 atom stereocenters. The van der Waals surface area contributed by atoms with Gasteiger partial charge in [-0.2, -0.15) is 0 Å². The van der Waals surface area contributed by atoms with E-state index in [1.165, 1.54) is 18.4 Å². The second kappa shape index (κ2) is 5.50. The summed E-state index contributed by atoms with van der Waals surface area (Å²) in [4.78, 5) is 6.98. The molecule has 1 heterocycles. The number of aromatic nitrogens is 1. The minimum absolute atomic E-state index is 0.761. The number of anilines is 1. The molecular formula is C14H23N3. The van der Waals surface area contributed by atoms with Crippen molar-refractivity contribution in [1.29, 1.82) is 0 Å². The van der Waals surface area contributed by atoms with Gasteiger partial charge < -0.3 is 10.2 Å². The fourth-order valence-corrected chi connectivity index (χ4v) is 2.03. The van der Waals surface area contributed by atoms with Crippen molar-refractivity contribution < 1.29 is 0 Å². The number of hydrogen-bond donors (Lipinski definition) is 1. The van der Waals surface area contributed by atoms with Crippen LogP contribution in [0.25, 0.3) is 0 Å². The van der Waals surface area contributed by atoms with Crippen molar-refractivity contribution in [3.05, 3.63) is 23.4 Å². The Hall–Kier alpha value is -1.09. The van der Waals surface area contributed by atoms with E-state index >= 15 is 0 Å². The molecule has 1 aliphatic rings. The molecule has 0 unspecified atom stereocenters.